The van der Waals surface area contributed by atoms with Crippen molar-refractivity contribution in [2.75, 3.05) is 13.7 Å². The van der Waals surface area contributed by atoms with Gasteiger partial charge in [-0.25, -0.2) is 0 Å². The Balaban J connectivity index is 1.63. The molecule has 31 heavy (non-hydrogen) atoms. The van der Waals surface area contributed by atoms with Gasteiger partial charge in [0.05, 0.1) is 13.5 Å². The molecule has 2 N–H and O–H groups in total. The van der Waals surface area contributed by atoms with Crippen molar-refractivity contribution in [1.82, 2.24) is 5.32 Å². The third-order valence-corrected chi connectivity index (χ3v) is 6.51. The summed E-state index contributed by atoms with van der Waals surface area (Å²) in [6.07, 6.45) is 4.98. The number of methoxy groups -OCH3 is 1. The van der Waals surface area contributed by atoms with Gasteiger partial charge in [-0.1, -0.05) is 37.8 Å². The monoisotopic (exact) mass is 417 g/mol. The molecular weight excluding hydrogens is 386 g/mol. The average Bonchev–Trinajstić information content (AvgIpc) is 3.56. The number of benzene rings is 2. The molecule has 0 aliphatic heterocycles. The third-order valence-electron chi connectivity index (χ3n) is 6.51. The van der Waals surface area contributed by atoms with Gasteiger partial charge >= 0.3 is 5.97 Å². The Morgan fingerprint density at radius 3 is 2.48 bits per heavy atom. The molecule has 0 bridgehead atoms. The van der Waals surface area contributed by atoms with Gasteiger partial charge in [-0.3, -0.25) is 4.79 Å². The van der Waals surface area contributed by atoms with Crippen LogP contribution in [0.15, 0.2) is 36.4 Å². The maximum absolute atomic E-state index is 10.9. The summed E-state index contributed by atoms with van der Waals surface area (Å²) in [5.74, 6) is 7.44. The lowest BCUT2D eigenvalue weighted by Gasteiger charge is -2.38. The van der Waals surface area contributed by atoms with Gasteiger partial charge < -0.3 is 15.2 Å². The van der Waals surface area contributed by atoms with Crippen molar-refractivity contribution >= 4 is 5.97 Å². The molecule has 0 saturated heterocycles. The quantitative estimate of drug-likeness (QED) is 0.661. The van der Waals surface area contributed by atoms with Gasteiger partial charge in [-0.05, 0) is 79.0 Å². The fourth-order valence-corrected chi connectivity index (χ4v) is 4.43. The Kier molecular flexibility index (Phi) is 6.07. The highest BCUT2D eigenvalue weighted by atomic mass is 16.5. The smallest absolute Gasteiger partial charge is 0.307 e. The molecule has 2 aromatic carbocycles. The molecule has 0 amide bonds. The van der Waals surface area contributed by atoms with Crippen molar-refractivity contribution < 1.29 is 14.6 Å². The molecule has 4 heteroatoms. The van der Waals surface area contributed by atoms with Crippen LogP contribution in [0.5, 0.6) is 5.75 Å². The van der Waals surface area contributed by atoms with Gasteiger partial charge in [-0.15, -0.1) is 0 Å². The van der Waals surface area contributed by atoms with E-state index in [0.717, 1.165) is 47.7 Å². The molecule has 0 spiro atoms. The molecule has 2 aromatic rings. The van der Waals surface area contributed by atoms with Crippen LogP contribution in [0, 0.1) is 17.8 Å². The normalized spacial score (nSPS) is 19.1. The molecule has 1 atom stereocenters. The molecule has 4 rings (SSSR count). The zero-order valence-electron chi connectivity index (χ0n) is 18.6. The topological polar surface area (TPSA) is 58.6 Å². The summed E-state index contributed by atoms with van der Waals surface area (Å²) in [6, 6.07) is 12.0. The number of rotatable bonds is 6. The summed E-state index contributed by atoms with van der Waals surface area (Å²) < 4.78 is 5.84. The second-order valence-corrected chi connectivity index (χ2v) is 9.48. The van der Waals surface area contributed by atoms with Crippen molar-refractivity contribution in [1.29, 1.82) is 0 Å². The van der Waals surface area contributed by atoms with Crippen LogP contribution in [0.1, 0.15) is 73.4 Å². The minimum atomic E-state index is -0.826. The van der Waals surface area contributed by atoms with Gasteiger partial charge in [0.15, 0.2) is 0 Å². The Morgan fingerprint density at radius 1 is 1.13 bits per heavy atom. The first-order valence-electron chi connectivity index (χ1n) is 11.1. The number of nitrogens with one attached hydrogen (secondary N) is 1. The molecule has 0 aromatic heterocycles. The highest BCUT2D eigenvalue weighted by Gasteiger charge is 2.36. The van der Waals surface area contributed by atoms with E-state index < -0.39 is 5.97 Å². The predicted octanol–water partition coefficient (Wildman–Crippen LogP) is 4.83. The van der Waals surface area contributed by atoms with Gasteiger partial charge in [0.2, 0.25) is 0 Å². The third kappa shape index (κ3) is 5.11. The summed E-state index contributed by atoms with van der Waals surface area (Å²) in [6.45, 7) is 5.70. The Bertz CT molecular complexity index is 1020. The molecule has 2 aliphatic rings. The largest absolute Gasteiger partial charge is 0.496 e. The van der Waals surface area contributed by atoms with E-state index in [1.165, 1.54) is 24.0 Å². The van der Waals surface area contributed by atoms with Gasteiger partial charge in [0.25, 0.3) is 0 Å². The fraction of sp³-hybridized carbons (Fsp3) is 0.444. The molecule has 2 aliphatic carbocycles. The Labute approximate surface area is 185 Å². The highest BCUT2D eigenvalue weighted by molar-refractivity contribution is 5.70. The van der Waals surface area contributed by atoms with Crippen LogP contribution in [0.25, 0.3) is 0 Å². The number of hydrogen-bond acceptors (Lipinski definition) is 3. The van der Waals surface area contributed by atoms with Crippen LogP contribution < -0.4 is 10.1 Å². The molecule has 162 valence electrons. The lowest BCUT2D eigenvalue weighted by molar-refractivity contribution is -0.136. The number of fused-ring (bicyclic) bond motifs is 1. The van der Waals surface area contributed by atoms with E-state index >= 15 is 0 Å². The molecule has 1 fully saturated rings. The fourth-order valence-electron chi connectivity index (χ4n) is 4.43. The Hall–Kier alpha value is -2.77. The van der Waals surface area contributed by atoms with Crippen molar-refractivity contribution in [3.8, 4) is 17.6 Å². The van der Waals surface area contributed by atoms with E-state index in [4.69, 9.17) is 9.84 Å². The molecular formula is C27H31NO3. The second-order valence-electron chi connectivity index (χ2n) is 9.48. The number of carboxylic acid groups (broad SMARTS) is 1. The van der Waals surface area contributed by atoms with E-state index in [1.807, 2.05) is 24.3 Å². The van der Waals surface area contributed by atoms with Crippen LogP contribution in [-0.4, -0.2) is 24.7 Å². The maximum Gasteiger partial charge on any atom is 0.307 e. The second kappa shape index (κ2) is 8.77. The van der Waals surface area contributed by atoms with Gasteiger partial charge in [-0.2, -0.15) is 0 Å². The van der Waals surface area contributed by atoms with Crippen molar-refractivity contribution in [3.63, 3.8) is 0 Å². The minimum Gasteiger partial charge on any atom is -0.496 e. The van der Waals surface area contributed by atoms with Crippen LogP contribution >= 0.6 is 0 Å². The number of aliphatic carboxylic acids is 1. The lowest BCUT2D eigenvalue weighted by atomic mass is 9.70. The van der Waals surface area contributed by atoms with E-state index in [2.05, 4.69) is 43.1 Å². The number of hydrogen-bond donors (Lipinski definition) is 2. The number of carboxylic acids is 1. The van der Waals surface area contributed by atoms with Crippen LogP contribution in [0.4, 0.5) is 0 Å². The van der Waals surface area contributed by atoms with Gasteiger partial charge in [0, 0.05) is 22.7 Å². The zero-order chi connectivity index (χ0) is 22.0. The first-order chi connectivity index (χ1) is 14.9. The molecule has 1 unspecified atom stereocenters. The van der Waals surface area contributed by atoms with Crippen LogP contribution in [0.2, 0.25) is 0 Å². The van der Waals surface area contributed by atoms with Crippen molar-refractivity contribution in [3.05, 3.63) is 64.2 Å². The van der Waals surface area contributed by atoms with Crippen LogP contribution in [-0.2, 0) is 16.6 Å². The molecule has 0 radical (unpaired) electrons. The summed E-state index contributed by atoms with van der Waals surface area (Å²) >= 11 is 0. The first kappa shape index (κ1) is 21.5. The zero-order valence-corrected chi connectivity index (χ0v) is 18.6. The summed E-state index contributed by atoms with van der Waals surface area (Å²) in [7, 11) is 1.74. The molecule has 0 heterocycles. The van der Waals surface area contributed by atoms with E-state index in [1.54, 1.807) is 7.11 Å². The highest BCUT2D eigenvalue weighted by Crippen LogP contribution is 2.46. The number of ether oxygens (including phenoxy) is 1. The standard InChI is InChI=1S/C27H31NO3/c1-27(2)13-12-23(28-17-20-9-10-20)26-22(27)14-21(15-24(26)31-3)11-6-18-4-7-19(8-5-18)16-25(29)30/h4-5,7-8,14-15,20,23,28H,9-10,12-13,16-17H2,1-3H3,(H,29,30). The van der Waals surface area contributed by atoms with Gasteiger partial charge in [0.1, 0.15) is 5.75 Å². The number of carbonyl (C=O) groups is 1. The maximum atomic E-state index is 10.9. The van der Waals surface area contributed by atoms with E-state index in [-0.39, 0.29) is 11.8 Å². The summed E-state index contributed by atoms with van der Waals surface area (Å²) in [5.41, 5.74) is 5.29. The summed E-state index contributed by atoms with van der Waals surface area (Å²) in [5, 5.41) is 12.7. The van der Waals surface area contributed by atoms with E-state index in [0.29, 0.717) is 6.04 Å². The van der Waals surface area contributed by atoms with Crippen LogP contribution in [0.3, 0.4) is 0 Å². The SMILES string of the molecule is COc1cc(C#Cc2ccc(CC(=O)O)cc2)cc2c1C(NCC1CC1)CCC2(C)C. The molecule has 1 saturated carbocycles. The lowest BCUT2D eigenvalue weighted by Crippen LogP contribution is -2.34. The summed E-state index contributed by atoms with van der Waals surface area (Å²) in [4.78, 5) is 10.9. The average molecular weight is 418 g/mol. The van der Waals surface area contributed by atoms with E-state index in [9.17, 15) is 4.79 Å². The van der Waals surface area contributed by atoms with Crippen molar-refractivity contribution in [2.24, 2.45) is 5.92 Å². The minimum absolute atomic E-state index is 0.0285. The Morgan fingerprint density at radius 2 is 1.84 bits per heavy atom. The first-order valence-corrected chi connectivity index (χ1v) is 11.1. The van der Waals surface area contributed by atoms with Crippen molar-refractivity contribution in [2.45, 2.75) is 57.4 Å². The molecule has 4 nitrogen and oxygen atoms in total. The predicted molar refractivity (Wildman–Crippen MR) is 122 cm³/mol.